The van der Waals surface area contributed by atoms with Crippen molar-refractivity contribution in [3.63, 3.8) is 0 Å². The average Bonchev–Trinajstić information content (AvgIpc) is 2.54. The van der Waals surface area contributed by atoms with Crippen molar-refractivity contribution in [1.29, 1.82) is 0 Å². The molecule has 2 aromatic rings. The van der Waals surface area contributed by atoms with Gasteiger partial charge >= 0.3 is 0 Å². The Morgan fingerprint density at radius 1 is 1.10 bits per heavy atom. The number of carbonyl (C=O) groups excluding carboxylic acids is 2. The Morgan fingerprint density at radius 2 is 1.90 bits per heavy atom. The molecule has 1 heterocycles. The fourth-order valence-corrected chi connectivity index (χ4v) is 1.62. The molecule has 2 N–H and O–H groups in total. The van der Waals surface area contributed by atoms with E-state index in [9.17, 15) is 9.59 Å². The van der Waals surface area contributed by atoms with Crippen LogP contribution in [-0.4, -0.2) is 16.8 Å². The first kappa shape index (κ1) is 14.5. The molecule has 0 saturated heterocycles. The van der Waals surface area contributed by atoms with Crippen LogP contribution in [0.15, 0.2) is 67.1 Å². The first-order valence-corrected chi connectivity index (χ1v) is 6.45. The molecule has 2 rings (SSSR count). The lowest BCUT2D eigenvalue weighted by Crippen LogP contribution is -2.22. The van der Waals surface area contributed by atoms with Crippen LogP contribution < -0.4 is 10.6 Å². The van der Waals surface area contributed by atoms with Crippen molar-refractivity contribution in [3.8, 4) is 0 Å². The third kappa shape index (κ3) is 4.91. The molecule has 0 bridgehead atoms. The van der Waals surface area contributed by atoms with Crippen LogP contribution in [0.25, 0.3) is 0 Å². The van der Waals surface area contributed by atoms with E-state index in [0.29, 0.717) is 12.1 Å². The topological polar surface area (TPSA) is 71.1 Å². The van der Waals surface area contributed by atoms with E-state index in [1.165, 1.54) is 18.5 Å². The minimum Gasteiger partial charge on any atom is -0.348 e. The lowest BCUT2D eigenvalue weighted by atomic mass is 10.2. The van der Waals surface area contributed by atoms with Gasteiger partial charge in [0.25, 0.3) is 5.91 Å². The Morgan fingerprint density at radius 3 is 2.62 bits per heavy atom. The lowest BCUT2D eigenvalue weighted by molar-refractivity contribution is -0.116. The first-order valence-electron chi connectivity index (χ1n) is 6.45. The Labute approximate surface area is 122 Å². The fourth-order valence-electron chi connectivity index (χ4n) is 1.62. The summed E-state index contributed by atoms with van der Waals surface area (Å²) in [5, 5.41) is 5.23. The number of nitrogens with zero attached hydrogens (tertiary/aromatic N) is 1. The van der Waals surface area contributed by atoms with Crippen molar-refractivity contribution in [1.82, 2.24) is 15.6 Å². The predicted octanol–water partition coefficient (Wildman–Crippen LogP) is 1.64. The number of hydrogen-bond donors (Lipinski definition) is 2. The van der Waals surface area contributed by atoms with Gasteiger partial charge in [0.05, 0.1) is 5.56 Å². The van der Waals surface area contributed by atoms with Gasteiger partial charge in [-0.3, -0.25) is 14.6 Å². The van der Waals surface area contributed by atoms with Crippen molar-refractivity contribution in [2.45, 2.75) is 6.54 Å². The van der Waals surface area contributed by atoms with Gasteiger partial charge in [0.15, 0.2) is 0 Å². The average molecular weight is 281 g/mol. The molecular formula is C16H15N3O2. The Balaban J connectivity index is 1.76. The van der Waals surface area contributed by atoms with Crippen LogP contribution in [0.2, 0.25) is 0 Å². The fraction of sp³-hybridized carbons (Fsp3) is 0.0625. The van der Waals surface area contributed by atoms with Gasteiger partial charge in [-0.1, -0.05) is 30.3 Å². The minimum atomic E-state index is -0.310. The molecule has 0 aliphatic rings. The Hall–Kier alpha value is -2.95. The molecule has 0 saturated carbocycles. The van der Waals surface area contributed by atoms with Gasteiger partial charge in [0, 0.05) is 31.2 Å². The summed E-state index contributed by atoms with van der Waals surface area (Å²) in [7, 11) is 0. The summed E-state index contributed by atoms with van der Waals surface area (Å²) in [6, 6.07) is 12.9. The van der Waals surface area contributed by atoms with E-state index in [1.54, 1.807) is 18.3 Å². The summed E-state index contributed by atoms with van der Waals surface area (Å²) in [5.74, 6) is -0.583. The molecule has 21 heavy (non-hydrogen) atoms. The smallest absolute Gasteiger partial charge is 0.256 e. The van der Waals surface area contributed by atoms with E-state index >= 15 is 0 Å². The van der Waals surface area contributed by atoms with Crippen molar-refractivity contribution >= 4 is 11.8 Å². The zero-order valence-corrected chi connectivity index (χ0v) is 11.3. The number of benzene rings is 1. The summed E-state index contributed by atoms with van der Waals surface area (Å²) in [5.41, 5.74) is 1.45. The molecule has 0 unspecified atom stereocenters. The number of aromatic nitrogens is 1. The SMILES string of the molecule is O=C(/C=C/NC(=O)c1cccnc1)NCc1ccccc1. The molecule has 1 aromatic carbocycles. The maximum atomic E-state index is 11.7. The molecule has 0 aliphatic carbocycles. The van der Waals surface area contributed by atoms with Crippen molar-refractivity contribution < 1.29 is 9.59 Å². The van der Waals surface area contributed by atoms with Gasteiger partial charge in [-0.15, -0.1) is 0 Å². The van der Waals surface area contributed by atoms with Crippen molar-refractivity contribution in [3.05, 3.63) is 78.3 Å². The van der Waals surface area contributed by atoms with E-state index in [1.807, 2.05) is 30.3 Å². The number of carbonyl (C=O) groups is 2. The lowest BCUT2D eigenvalue weighted by Gasteiger charge is -2.02. The van der Waals surface area contributed by atoms with Crippen LogP contribution in [-0.2, 0) is 11.3 Å². The maximum Gasteiger partial charge on any atom is 0.256 e. The zero-order valence-electron chi connectivity index (χ0n) is 11.3. The second kappa shape index (κ2) is 7.59. The van der Waals surface area contributed by atoms with E-state index in [-0.39, 0.29) is 11.8 Å². The summed E-state index contributed by atoms with van der Waals surface area (Å²) < 4.78 is 0. The molecule has 1 aromatic heterocycles. The second-order valence-corrected chi connectivity index (χ2v) is 4.25. The van der Waals surface area contributed by atoms with Crippen LogP contribution in [0.3, 0.4) is 0 Å². The third-order valence-electron chi connectivity index (χ3n) is 2.68. The van der Waals surface area contributed by atoms with E-state index < -0.39 is 0 Å². The summed E-state index contributed by atoms with van der Waals surface area (Å²) >= 11 is 0. The minimum absolute atomic E-state index is 0.273. The Bertz CT molecular complexity index is 624. The molecule has 106 valence electrons. The first-order chi connectivity index (χ1) is 10.3. The number of nitrogens with one attached hydrogen (secondary N) is 2. The highest BCUT2D eigenvalue weighted by atomic mass is 16.2. The highest BCUT2D eigenvalue weighted by Crippen LogP contribution is 1.97. The predicted molar refractivity (Wildman–Crippen MR) is 79.1 cm³/mol. The van der Waals surface area contributed by atoms with Gasteiger partial charge < -0.3 is 10.6 Å². The summed E-state index contributed by atoms with van der Waals surface area (Å²) in [4.78, 5) is 27.1. The highest BCUT2D eigenvalue weighted by molar-refractivity contribution is 5.95. The van der Waals surface area contributed by atoms with Crippen LogP contribution >= 0.6 is 0 Å². The molecule has 0 spiro atoms. The van der Waals surface area contributed by atoms with Gasteiger partial charge in [0.2, 0.25) is 5.91 Å². The monoisotopic (exact) mass is 281 g/mol. The number of rotatable bonds is 5. The van der Waals surface area contributed by atoms with E-state index in [4.69, 9.17) is 0 Å². The standard InChI is InChI=1S/C16H15N3O2/c20-15(19-11-13-5-2-1-3-6-13)8-10-18-16(21)14-7-4-9-17-12-14/h1-10,12H,11H2,(H,18,21)(H,19,20)/b10-8+. The summed E-state index contributed by atoms with van der Waals surface area (Å²) in [6.07, 6.45) is 5.63. The quantitative estimate of drug-likeness (QED) is 0.818. The highest BCUT2D eigenvalue weighted by Gasteiger charge is 2.02. The molecule has 0 radical (unpaired) electrons. The molecular weight excluding hydrogens is 266 g/mol. The van der Waals surface area contributed by atoms with Crippen LogP contribution in [0.4, 0.5) is 0 Å². The van der Waals surface area contributed by atoms with Gasteiger partial charge in [0.1, 0.15) is 0 Å². The zero-order chi connectivity index (χ0) is 14.9. The van der Waals surface area contributed by atoms with Crippen molar-refractivity contribution in [2.24, 2.45) is 0 Å². The number of hydrogen-bond acceptors (Lipinski definition) is 3. The van der Waals surface area contributed by atoms with E-state index in [2.05, 4.69) is 15.6 Å². The number of pyridine rings is 1. The molecule has 2 amide bonds. The van der Waals surface area contributed by atoms with Crippen LogP contribution in [0, 0.1) is 0 Å². The van der Waals surface area contributed by atoms with Crippen LogP contribution in [0.5, 0.6) is 0 Å². The van der Waals surface area contributed by atoms with E-state index in [0.717, 1.165) is 5.56 Å². The van der Waals surface area contributed by atoms with Gasteiger partial charge in [-0.2, -0.15) is 0 Å². The second-order valence-electron chi connectivity index (χ2n) is 4.25. The Kier molecular flexibility index (Phi) is 5.23. The van der Waals surface area contributed by atoms with Crippen molar-refractivity contribution in [2.75, 3.05) is 0 Å². The molecule has 5 heteroatoms. The van der Waals surface area contributed by atoms with Gasteiger partial charge in [-0.25, -0.2) is 0 Å². The normalized spacial score (nSPS) is 10.3. The molecule has 0 atom stereocenters. The molecule has 0 aliphatic heterocycles. The summed E-state index contributed by atoms with van der Waals surface area (Å²) in [6.45, 7) is 0.445. The molecule has 0 fully saturated rings. The largest absolute Gasteiger partial charge is 0.348 e. The van der Waals surface area contributed by atoms with Crippen LogP contribution in [0.1, 0.15) is 15.9 Å². The molecule has 5 nitrogen and oxygen atoms in total. The number of amides is 2. The maximum absolute atomic E-state index is 11.7. The van der Waals surface area contributed by atoms with Gasteiger partial charge in [-0.05, 0) is 17.7 Å². The third-order valence-corrected chi connectivity index (χ3v) is 2.68.